The van der Waals surface area contributed by atoms with E-state index < -0.39 is 6.10 Å². The average Bonchev–Trinajstić information content (AvgIpc) is 2.82. The van der Waals surface area contributed by atoms with Crippen LogP contribution in [0.15, 0.2) is 17.1 Å². The molecule has 11 unspecified atom stereocenters. The number of amidine groups is 1. The quantitative estimate of drug-likeness (QED) is 0.534. The molecule has 33 heavy (non-hydrogen) atoms. The summed E-state index contributed by atoms with van der Waals surface area (Å²) in [4.78, 5) is 4.93. The van der Waals surface area contributed by atoms with Gasteiger partial charge in [-0.1, -0.05) is 31.4 Å². The topological polar surface area (TPSA) is 65.9 Å². The van der Waals surface area contributed by atoms with Gasteiger partial charge in [0.1, 0.15) is 6.17 Å². The monoisotopic (exact) mass is 455 g/mol. The van der Waals surface area contributed by atoms with Crippen molar-refractivity contribution in [2.75, 3.05) is 0 Å². The molecule has 0 saturated heterocycles. The third-order valence-electron chi connectivity index (χ3n) is 10.4. The second-order valence-electron chi connectivity index (χ2n) is 12.4. The van der Waals surface area contributed by atoms with Gasteiger partial charge in [-0.2, -0.15) is 0 Å². The van der Waals surface area contributed by atoms with E-state index in [1.807, 2.05) is 6.08 Å². The first-order chi connectivity index (χ1) is 16.1. The van der Waals surface area contributed by atoms with Crippen LogP contribution in [0.25, 0.3) is 0 Å². The third-order valence-corrected chi connectivity index (χ3v) is 10.4. The van der Waals surface area contributed by atoms with Gasteiger partial charge < -0.3 is 15.2 Å². The lowest BCUT2D eigenvalue weighted by atomic mass is 9.46. The number of aliphatic imine (C=N–C) groups is 1. The number of ether oxygens (including phenoxy) is 1. The molecule has 1 aliphatic heterocycles. The zero-order chi connectivity index (χ0) is 22.5. The van der Waals surface area contributed by atoms with Crippen LogP contribution in [0, 0.1) is 47.3 Å². The second-order valence-corrected chi connectivity index (χ2v) is 12.4. The van der Waals surface area contributed by atoms with Gasteiger partial charge >= 0.3 is 0 Å². The summed E-state index contributed by atoms with van der Waals surface area (Å²) in [5.74, 6) is 6.52. The summed E-state index contributed by atoms with van der Waals surface area (Å²) in [5.41, 5.74) is 0. The van der Waals surface area contributed by atoms with E-state index in [1.54, 1.807) is 0 Å². The second kappa shape index (κ2) is 9.18. The van der Waals surface area contributed by atoms with Gasteiger partial charge in [-0.25, -0.2) is 4.99 Å². The summed E-state index contributed by atoms with van der Waals surface area (Å²) >= 11 is 0. The van der Waals surface area contributed by atoms with Crippen LogP contribution in [-0.4, -0.2) is 35.7 Å². The van der Waals surface area contributed by atoms with Gasteiger partial charge in [0.25, 0.3) is 6.02 Å². The van der Waals surface area contributed by atoms with E-state index in [0.717, 1.165) is 48.3 Å². The molecule has 6 aliphatic rings. The van der Waals surface area contributed by atoms with Crippen molar-refractivity contribution in [2.24, 2.45) is 52.3 Å². The van der Waals surface area contributed by atoms with Crippen molar-refractivity contribution in [1.82, 2.24) is 10.6 Å². The fourth-order valence-corrected chi connectivity index (χ4v) is 9.23. The standard InChI is InChI=1S/C28H45N3O2/c1-16(2)33-28-30-26(29-27(31-28)22-8-3-4-9-23(22)32)21-15-13-19-11-10-17-6-5-7-18-12-14-20(21)25(19)24(17)18/h4,9,16-27,29,32H,3,5-8,10-15H2,1-2H3,(H,30,31). The number of hydrogen-bond acceptors (Lipinski definition) is 5. The van der Waals surface area contributed by atoms with Gasteiger partial charge in [0.05, 0.1) is 18.4 Å². The molecule has 184 valence electrons. The van der Waals surface area contributed by atoms with Crippen LogP contribution in [-0.2, 0) is 4.74 Å². The number of rotatable bonds is 3. The lowest BCUT2D eigenvalue weighted by molar-refractivity contribution is -0.105. The van der Waals surface area contributed by atoms with Crippen LogP contribution in [0.1, 0.15) is 84.5 Å². The van der Waals surface area contributed by atoms with Crippen molar-refractivity contribution in [3.8, 4) is 0 Å². The van der Waals surface area contributed by atoms with E-state index in [4.69, 9.17) is 9.73 Å². The minimum atomic E-state index is -0.424. The van der Waals surface area contributed by atoms with Crippen molar-refractivity contribution < 1.29 is 9.84 Å². The summed E-state index contributed by atoms with van der Waals surface area (Å²) in [6, 6.07) is 0.690. The van der Waals surface area contributed by atoms with E-state index in [9.17, 15) is 5.11 Å². The third kappa shape index (κ3) is 4.16. The smallest absolute Gasteiger partial charge is 0.287 e. The Kier molecular flexibility index (Phi) is 6.23. The van der Waals surface area contributed by atoms with E-state index >= 15 is 0 Å². The Hall–Kier alpha value is -1.07. The molecule has 0 aromatic carbocycles. The van der Waals surface area contributed by atoms with Crippen LogP contribution in [0.3, 0.4) is 0 Å². The molecular formula is C28H45N3O2. The molecule has 0 bridgehead atoms. The van der Waals surface area contributed by atoms with Crippen molar-refractivity contribution >= 4 is 6.02 Å². The first-order valence-electron chi connectivity index (χ1n) is 14.2. The normalized spacial score (nSPS) is 49.1. The summed E-state index contributed by atoms with van der Waals surface area (Å²) < 4.78 is 6.14. The van der Waals surface area contributed by atoms with E-state index in [0.29, 0.717) is 11.9 Å². The Morgan fingerprint density at radius 1 is 0.879 bits per heavy atom. The maximum atomic E-state index is 10.7. The minimum Gasteiger partial charge on any atom is -0.463 e. The predicted octanol–water partition coefficient (Wildman–Crippen LogP) is 4.82. The van der Waals surface area contributed by atoms with Gasteiger partial charge in [-0.15, -0.1) is 0 Å². The van der Waals surface area contributed by atoms with Crippen molar-refractivity contribution in [3.05, 3.63) is 12.2 Å². The highest BCUT2D eigenvalue weighted by Gasteiger charge is 2.55. The molecule has 0 aromatic heterocycles. The zero-order valence-electron chi connectivity index (χ0n) is 20.7. The maximum absolute atomic E-state index is 10.7. The van der Waals surface area contributed by atoms with Crippen LogP contribution in [0.5, 0.6) is 0 Å². The van der Waals surface area contributed by atoms with Gasteiger partial charge in [0.2, 0.25) is 0 Å². The zero-order valence-corrected chi connectivity index (χ0v) is 20.7. The Bertz CT molecular complexity index is 760. The van der Waals surface area contributed by atoms with Gasteiger partial charge in [-0.05, 0) is 107 Å². The van der Waals surface area contributed by atoms with E-state index in [1.165, 1.54) is 57.8 Å². The molecule has 3 N–H and O–H groups in total. The SMILES string of the molecule is CC(C)OC1=NC(C2CCC=CC2O)NC(C2CCC3CCC4CCCC5CCC2C3C45)N1. The molecule has 0 aromatic rings. The van der Waals surface area contributed by atoms with E-state index in [-0.39, 0.29) is 24.4 Å². The first kappa shape index (κ1) is 22.4. The number of aliphatic hydroxyl groups is 1. The minimum absolute atomic E-state index is 0.0761. The number of hydrogen-bond donors (Lipinski definition) is 3. The fourth-order valence-electron chi connectivity index (χ4n) is 9.23. The lowest BCUT2D eigenvalue weighted by Crippen LogP contribution is -2.64. The predicted molar refractivity (Wildman–Crippen MR) is 131 cm³/mol. The van der Waals surface area contributed by atoms with Gasteiger partial charge in [-0.3, -0.25) is 5.32 Å². The summed E-state index contributed by atoms with van der Waals surface area (Å²) in [6.45, 7) is 4.15. The highest BCUT2D eigenvalue weighted by Crippen LogP contribution is 2.61. The fraction of sp³-hybridized carbons (Fsp3) is 0.893. The summed E-state index contributed by atoms with van der Waals surface area (Å²) in [6.07, 6.45) is 18.9. The molecule has 5 aliphatic carbocycles. The number of nitrogens with one attached hydrogen (secondary N) is 2. The largest absolute Gasteiger partial charge is 0.463 e. The Balaban J connectivity index is 1.25. The van der Waals surface area contributed by atoms with Gasteiger partial charge in [0, 0.05) is 5.92 Å². The average molecular weight is 456 g/mol. The highest BCUT2D eigenvalue weighted by atomic mass is 16.5. The van der Waals surface area contributed by atoms with Crippen LogP contribution in [0.4, 0.5) is 0 Å². The molecule has 1 heterocycles. The Morgan fingerprint density at radius 2 is 1.58 bits per heavy atom. The molecule has 4 fully saturated rings. The summed E-state index contributed by atoms with van der Waals surface area (Å²) in [5, 5.41) is 18.3. The van der Waals surface area contributed by atoms with Crippen molar-refractivity contribution in [2.45, 2.75) is 109 Å². The molecular weight excluding hydrogens is 410 g/mol. The summed E-state index contributed by atoms with van der Waals surface area (Å²) in [7, 11) is 0. The number of aliphatic hydroxyl groups excluding tert-OH is 1. The molecule has 5 heteroatoms. The molecule has 6 rings (SSSR count). The van der Waals surface area contributed by atoms with Gasteiger partial charge in [0.15, 0.2) is 0 Å². The van der Waals surface area contributed by atoms with E-state index in [2.05, 4.69) is 30.6 Å². The maximum Gasteiger partial charge on any atom is 0.287 e. The Labute approximate surface area is 200 Å². The Morgan fingerprint density at radius 3 is 2.30 bits per heavy atom. The molecule has 5 nitrogen and oxygen atoms in total. The first-order valence-corrected chi connectivity index (χ1v) is 14.2. The van der Waals surface area contributed by atoms with Crippen LogP contribution < -0.4 is 10.6 Å². The molecule has 4 saturated carbocycles. The molecule has 11 atom stereocenters. The highest BCUT2D eigenvalue weighted by molar-refractivity contribution is 5.75. The van der Waals surface area contributed by atoms with Crippen LogP contribution >= 0.6 is 0 Å². The van der Waals surface area contributed by atoms with Crippen molar-refractivity contribution in [1.29, 1.82) is 0 Å². The molecule has 0 amide bonds. The van der Waals surface area contributed by atoms with Crippen LogP contribution in [0.2, 0.25) is 0 Å². The molecule has 0 radical (unpaired) electrons. The number of nitrogens with zero attached hydrogens (tertiary/aromatic N) is 1. The van der Waals surface area contributed by atoms with Crippen molar-refractivity contribution in [3.63, 3.8) is 0 Å². The molecule has 0 spiro atoms. The lowest BCUT2D eigenvalue weighted by Gasteiger charge is -2.60. The number of allylic oxidation sites excluding steroid dienone is 1.